The Morgan fingerprint density at radius 1 is 1.16 bits per heavy atom. The SMILES string of the molecule is CCc1c(C)nc2n(c1=O)CN(CCOC)CN2c1ccc(C)cc1. The lowest BCUT2D eigenvalue weighted by Gasteiger charge is -2.38. The first kappa shape index (κ1) is 17.6. The summed E-state index contributed by atoms with van der Waals surface area (Å²) in [7, 11) is 1.70. The Balaban J connectivity index is 2.09. The second-order valence-electron chi connectivity index (χ2n) is 6.50. The van der Waals surface area contributed by atoms with Gasteiger partial charge >= 0.3 is 0 Å². The first-order valence-electron chi connectivity index (χ1n) is 8.71. The minimum absolute atomic E-state index is 0.0595. The van der Waals surface area contributed by atoms with Crippen LogP contribution in [0.4, 0.5) is 11.6 Å². The Kier molecular flexibility index (Phi) is 5.20. The van der Waals surface area contributed by atoms with E-state index >= 15 is 0 Å². The molecule has 0 saturated heterocycles. The zero-order valence-corrected chi connectivity index (χ0v) is 15.5. The highest BCUT2D eigenvalue weighted by atomic mass is 16.5. The largest absolute Gasteiger partial charge is 0.383 e. The predicted octanol–water partition coefficient (Wildman–Crippen LogP) is 2.44. The van der Waals surface area contributed by atoms with Crippen molar-refractivity contribution in [2.45, 2.75) is 33.9 Å². The minimum atomic E-state index is 0.0595. The van der Waals surface area contributed by atoms with Crippen molar-refractivity contribution >= 4 is 11.6 Å². The normalized spacial score (nSPS) is 14.6. The number of benzene rings is 1. The molecule has 0 saturated carbocycles. The number of rotatable bonds is 5. The summed E-state index contributed by atoms with van der Waals surface area (Å²) in [6.45, 7) is 8.61. The molecule has 25 heavy (non-hydrogen) atoms. The summed E-state index contributed by atoms with van der Waals surface area (Å²) in [6, 6.07) is 8.32. The van der Waals surface area contributed by atoms with Crippen LogP contribution in [0.2, 0.25) is 0 Å². The molecular weight excluding hydrogens is 316 g/mol. The lowest BCUT2D eigenvalue weighted by atomic mass is 10.2. The van der Waals surface area contributed by atoms with Gasteiger partial charge in [-0.3, -0.25) is 19.2 Å². The monoisotopic (exact) mass is 342 g/mol. The highest BCUT2D eigenvalue weighted by Gasteiger charge is 2.27. The predicted molar refractivity (Wildman–Crippen MR) is 99.4 cm³/mol. The number of anilines is 2. The van der Waals surface area contributed by atoms with Crippen molar-refractivity contribution in [2.24, 2.45) is 0 Å². The third kappa shape index (κ3) is 3.45. The van der Waals surface area contributed by atoms with Crippen LogP contribution in [0.25, 0.3) is 0 Å². The molecule has 2 heterocycles. The van der Waals surface area contributed by atoms with Gasteiger partial charge in [-0.1, -0.05) is 24.6 Å². The lowest BCUT2D eigenvalue weighted by Crippen LogP contribution is -2.48. The van der Waals surface area contributed by atoms with Gasteiger partial charge in [0.15, 0.2) is 0 Å². The van der Waals surface area contributed by atoms with Gasteiger partial charge in [0.2, 0.25) is 5.95 Å². The molecule has 0 fully saturated rings. The number of fused-ring (bicyclic) bond motifs is 1. The number of methoxy groups -OCH3 is 1. The van der Waals surface area contributed by atoms with E-state index in [1.807, 2.05) is 13.8 Å². The van der Waals surface area contributed by atoms with Crippen molar-refractivity contribution in [2.75, 3.05) is 31.8 Å². The van der Waals surface area contributed by atoms with Crippen LogP contribution in [-0.2, 0) is 17.8 Å². The fourth-order valence-electron chi connectivity index (χ4n) is 3.22. The van der Waals surface area contributed by atoms with E-state index < -0.39 is 0 Å². The molecule has 134 valence electrons. The number of hydrogen-bond donors (Lipinski definition) is 0. The number of ether oxygens (including phenoxy) is 1. The van der Waals surface area contributed by atoms with Crippen LogP contribution in [-0.4, -0.2) is 41.4 Å². The van der Waals surface area contributed by atoms with E-state index in [-0.39, 0.29) is 5.56 Å². The summed E-state index contributed by atoms with van der Waals surface area (Å²) < 4.78 is 7.00. The van der Waals surface area contributed by atoms with Crippen LogP contribution in [0, 0.1) is 13.8 Å². The van der Waals surface area contributed by atoms with Crippen molar-refractivity contribution in [1.29, 1.82) is 0 Å². The van der Waals surface area contributed by atoms with Crippen LogP contribution >= 0.6 is 0 Å². The van der Waals surface area contributed by atoms with E-state index in [4.69, 9.17) is 9.72 Å². The Morgan fingerprint density at radius 3 is 2.52 bits per heavy atom. The Morgan fingerprint density at radius 2 is 1.88 bits per heavy atom. The molecule has 3 rings (SSSR count). The lowest BCUT2D eigenvalue weighted by molar-refractivity contribution is 0.121. The summed E-state index contributed by atoms with van der Waals surface area (Å²) in [5.41, 5.74) is 3.92. The maximum atomic E-state index is 13.0. The van der Waals surface area contributed by atoms with E-state index in [0.29, 0.717) is 26.4 Å². The average molecular weight is 342 g/mol. The molecule has 6 nitrogen and oxygen atoms in total. The number of aryl methyl sites for hydroxylation is 2. The average Bonchev–Trinajstić information content (AvgIpc) is 2.61. The second kappa shape index (κ2) is 7.37. The van der Waals surface area contributed by atoms with Crippen molar-refractivity contribution in [1.82, 2.24) is 14.5 Å². The topological polar surface area (TPSA) is 50.6 Å². The van der Waals surface area contributed by atoms with Crippen LogP contribution < -0.4 is 10.5 Å². The van der Waals surface area contributed by atoms with E-state index in [1.165, 1.54) is 5.56 Å². The fourth-order valence-corrected chi connectivity index (χ4v) is 3.22. The van der Waals surface area contributed by atoms with Gasteiger partial charge in [0.1, 0.15) is 0 Å². The van der Waals surface area contributed by atoms with E-state index in [9.17, 15) is 4.79 Å². The summed E-state index contributed by atoms with van der Waals surface area (Å²) in [6.07, 6.45) is 0.695. The smallest absolute Gasteiger partial charge is 0.259 e. The van der Waals surface area contributed by atoms with Crippen LogP contribution in [0.3, 0.4) is 0 Å². The maximum Gasteiger partial charge on any atom is 0.259 e. The van der Waals surface area contributed by atoms with Gasteiger partial charge in [0, 0.05) is 30.6 Å². The zero-order valence-electron chi connectivity index (χ0n) is 15.5. The molecule has 6 heteroatoms. The number of aromatic nitrogens is 2. The molecule has 0 unspecified atom stereocenters. The third-order valence-corrected chi connectivity index (χ3v) is 4.68. The van der Waals surface area contributed by atoms with E-state index in [0.717, 1.165) is 29.4 Å². The molecule has 1 aromatic carbocycles. The van der Waals surface area contributed by atoms with Gasteiger partial charge in [-0.25, -0.2) is 4.98 Å². The molecule has 0 aliphatic carbocycles. The van der Waals surface area contributed by atoms with Crippen LogP contribution in [0.15, 0.2) is 29.1 Å². The van der Waals surface area contributed by atoms with Gasteiger partial charge in [-0.15, -0.1) is 0 Å². The number of hydrogen-bond acceptors (Lipinski definition) is 5. The van der Waals surface area contributed by atoms with Gasteiger partial charge in [-0.2, -0.15) is 0 Å². The summed E-state index contributed by atoms with van der Waals surface area (Å²) in [4.78, 5) is 22.0. The Labute approximate surface area is 148 Å². The fraction of sp³-hybridized carbons (Fsp3) is 0.474. The second-order valence-corrected chi connectivity index (χ2v) is 6.50. The molecule has 1 aliphatic heterocycles. The highest BCUT2D eigenvalue weighted by Crippen LogP contribution is 2.27. The van der Waals surface area contributed by atoms with Crippen LogP contribution in [0.5, 0.6) is 0 Å². The van der Waals surface area contributed by atoms with Crippen molar-refractivity contribution in [3.05, 3.63) is 51.4 Å². The highest BCUT2D eigenvalue weighted by molar-refractivity contribution is 5.58. The minimum Gasteiger partial charge on any atom is -0.383 e. The Bertz CT molecular complexity index is 798. The third-order valence-electron chi connectivity index (χ3n) is 4.68. The molecule has 0 amide bonds. The van der Waals surface area contributed by atoms with Gasteiger partial charge in [0.05, 0.1) is 19.9 Å². The maximum absolute atomic E-state index is 13.0. The molecule has 0 spiro atoms. The zero-order chi connectivity index (χ0) is 18.0. The van der Waals surface area contributed by atoms with Crippen molar-refractivity contribution < 1.29 is 4.74 Å². The first-order chi connectivity index (χ1) is 12.0. The molecule has 0 N–H and O–H groups in total. The summed E-state index contributed by atoms with van der Waals surface area (Å²) >= 11 is 0. The van der Waals surface area contributed by atoms with Crippen molar-refractivity contribution in [3.8, 4) is 0 Å². The quantitative estimate of drug-likeness (QED) is 0.835. The van der Waals surface area contributed by atoms with Gasteiger partial charge < -0.3 is 4.74 Å². The van der Waals surface area contributed by atoms with E-state index in [2.05, 4.69) is 41.0 Å². The molecule has 0 radical (unpaired) electrons. The van der Waals surface area contributed by atoms with Crippen LogP contribution in [0.1, 0.15) is 23.7 Å². The van der Waals surface area contributed by atoms with Crippen molar-refractivity contribution in [3.63, 3.8) is 0 Å². The van der Waals surface area contributed by atoms with E-state index in [1.54, 1.807) is 11.7 Å². The molecular formula is C19H26N4O2. The standard InChI is InChI=1S/C19H26N4O2/c1-5-17-15(3)20-19-22(16-8-6-14(2)7-9-16)12-21(10-11-25-4)13-23(19)18(17)24/h6-9H,5,10-13H2,1-4H3. The molecule has 2 aromatic rings. The van der Waals surface area contributed by atoms with Gasteiger partial charge in [0.25, 0.3) is 5.56 Å². The molecule has 1 aromatic heterocycles. The van der Waals surface area contributed by atoms with Gasteiger partial charge in [-0.05, 0) is 32.4 Å². The molecule has 0 atom stereocenters. The summed E-state index contributed by atoms with van der Waals surface area (Å²) in [5, 5.41) is 0. The Hall–Kier alpha value is -2.18. The number of nitrogens with zero attached hydrogens (tertiary/aromatic N) is 4. The molecule has 1 aliphatic rings. The molecule has 0 bridgehead atoms. The summed E-state index contributed by atoms with van der Waals surface area (Å²) in [5.74, 6) is 0.720. The first-order valence-corrected chi connectivity index (χ1v) is 8.71.